The van der Waals surface area contributed by atoms with E-state index >= 15 is 0 Å². The fraction of sp³-hybridized carbons (Fsp3) is 0.259. The summed E-state index contributed by atoms with van der Waals surface area (Å²) in [5, 5.41) is 0. The number of ether oxygens (including phenoxy) is 1. The molecule has 0 radical (unpaired) electrons. The van der Waals surface area contributed by atoms with Crippen molar-refractivity contribution in [3.05, 3.63) is 73.6 Å². The molecule has 1 aromatic heterocycles. The third kappa shape index (κ3) is 4.47. The van der Waals surface area contributed by atoms with Crippen LogP contribution in [0.2, 0.25) is 0 Å². The number of nitrogen functional groups attached to an aromatic ring is 1. The topological polar surface area (TPSA) is 105 Å². The molecule has 5 rings (SSSR count). The van der Waals surface area contributed by atoms with Crippen molar-refractivity contribution in [2.75, 3.05) is 35.2 Å². The number of amides is 1. The highest BCUT2D eigenvalue weighted by atomic mass is 16.5. The number of aromatic nitrogens is 2. The number of anilines is 4. The lowest BCUT2D eigenvalue weighted by atomic mass is 9.96. The summed E-state index contributed by atoms with van der Waals surface area (Å²) in [6, 6.07) is 17.1. The monoisotopic (exact) mass is 484 g/mol. The molecule has 1 saturated heterocycles. The molecule has 184 valence electrons. The van der Waals surface area contributed by atoms with Gasteiger partial charge >= 0.3 is 0 Å². The van der Waals surface area contributed by atoms with Gasteiger partial charge in [-0.25, -0.2) is 9.97 Å². The van der Waals surface area contributed by atoms with Crippen LogP contribution in [0.3, 0.4) is 0 Å². The Balaban J connectivity index is 1.39. The number of nitrogens with zero attached hydrogens (tertiary/aromatic N) is 5. The maximum Gasteiger partial charge on any atom is 0.245 e. The molecule has 3 heterocycles. The van der Waals surface area contributed by atoms with Gasteiger partial charge in [-0.05, 0) is 61.2 Å². The SMILES string of the molecule is C=CC(=O)N1CCC(CN2c3ncnc(N)c3N(c3ccc(Oc4ccccc4)cc3)C2C=O)CC1. The van der Waals surface area contributed by atoms with Crippen LogP contribution in [-0.4, -0.2) is 52.9 Å². The van der Waals surface area contributed by atoms with Gasteiger partial charge in [0.2, 0.25) is 5.91 Å². The van der Waals surface area contributed by atoms with Crippen LogP contribution in [0.5, 0.6) is 11.5 Å². The second kappa shape index (κ2) is 10.1. The van der Waals surface area contributed by atoms with Crippen molar-refractivity contribution in [3.63, 3.8) is 0 Å². The highest BCUT2D eigenvalue weighted by Crippen LogP contribution is 2.46. The maximum atomic E-state index is 12.5. The smallest absolute Gasteiger partial charge is 0.245 e. The average Bonchev–Trinajstić information content (AvgIpc) is 3.24. The minimum Gasteiger partial charge on any atom is -0.457 e. The lowest BCUT2D eigenvalue weighted by Crippen LogP contribution is -2.47. The number of fused-ring (bicyclic) bond motifs is 1. The molecule has 0 saturated carbocycles. The molecular formula is C27H28N6O3. The molecule has 2 aliphatic rings. The number of nitrogens with two attached hydrogens (primary N) is 1. The Morgan fingerprint density at radius 3 is 2.42 bits per heavy atom. The highest BCUT2D eigenvalue weighted by Gasteiger charge is 2.41. The van der Waals surface area contributed by atoms with E-state index in [2.05, 4.69) is 16.5 Å². The number of carbonyl (C=O) groups excluding carboxylic acids is 2. The normalized spacial score (nSPS) is 17.6. The Morgan fingerprint density at radius 2 is 1.75 bits per heavy atom. The quantitative estimate of drug-likeness (QED) is 0.399. The van der Waals surface area contributed by atoms with Gasteiger partial charge in [0.25, 0.3) is 0 Å². The minimum absolute atomic E-state index is 0.0443. The van der Waals surface area contributed by atoms with Gasteiger partial charge in [-0.3, -0.25) is 9.59 Å². The van der Waals surface area contributed by atoms with E-state index in [1.807, 2.05) is 69.3 Å². The fourth-order valence-electron chi connectivity index (χ4n) is 4.87. The van der Waals surface area contributed by atoms with Crippen molar-refractivity contribution in [1.82, 2.24) is 14.9 Å². The van der Waals surface area contributed by atoms with Crippen LogP contribution in [0.15, 0.2) is 73.6 Å². The first kappa shape index (κ1) is 23.3. The summed E-state index contributed by atoms with van der Waals surface area (Å²) in [5.41, 5.74) is 7.70. The molecule has 1 amide bonds. The van der Waals surface area contributed by atoms with Crippen molar-refractivity contribution in [2.24, 2.45) is 5.92 Å². The van der Waals surface area contributed by atoms with Crippen molar-refractivity contribution in [2.45, 2.75) is 19.0 Å². The van der Waals surface area contributed by atoms with Gasteiger partial charge in [0.15, 0.2) is 24.1 Å². The van der Waals surface area contributed by atoms with Crippen molar-refractivity contribution in [1.29, 1.82) is 0 Å². The molecular weight excluding hydrogens is 456 g/mol. The molecule has 1 fully saturated rings. The molecule has 1 unspecified atom stereocenters. The van der Waals surface area contributed by atoms with Gasteiger partial charge in [0.1, 0.15) is 23.5 Å². The first-order valence-corrected chi connectivity index (χ1v) is 11.9. The number of rotatable bonds is 7. The third-order valence-corrected chi connectivity index (χ3v) is 6.70. The Kier molecular flexibility index (Phi) is 6.53. The van der Waals surface area contributed by atoms with E-state index in [9.17, 15) is 9.59 Å². The molecule has 9 heteroatoms. The Bertz CT molecular complexity index is 1240. The lowest BCUT2D eigenvalue weighted by Gasteiger charge is -2.35. The summed E-state index contributed by atoms with van der Waals surface area (Å²) in [5.74, 6) is 2.62. The van der Waals surface area contributed by atoms with Crippen molar-refractivity contribution in [3.8, 4) is 11.5 Å². The number of para-hydroxylation sites is 1. The van der Waals surface area contributed by atoms with E-state index in [0.717, 1.165) is 30.6 Å². The number of likely N-dealkylation sites (tertiary alicyclic amines) is 1. The Labute approximate surface area is 209 Å². The summed E-state index contributed by atoms with van der Waals surface area (Å²) in [7, 11) is 0. The number of hydrogen-bond acceptors (Lipinski definition) is 8. The Morgan fingerprint density at radius 1 is 1.06 bits per heavy atom. The predicted octanol–water partition coefficient (Wildman–Crippen LogP) is 3.76. The molecule has 2 aliphatic heterocycles. The molecule has 36 heavy (non-hydrogen) atoms. The summed E-state index contributed by atoms with van der Waals surface area (Å²) in [6.45, 7) is 5.53. The van der Waals surface area contributed by atoms with E-state index in [1.165, 1.54) is 12.4 Å². The van der Waals surface area contributed by atoms with Gasteiger partial charge in [0.05, 0.1) is 0 Å². The molecule has 1 atom stereocenters. The van der Waals surface area contributed by atoms with E-state index in [1.54, 1.807) is 0 Å². The molecule has 2 N–H and O–H groups in total. The maximum absolute atomic E-state index is 12.5. The zero-order chi connectivity index (χ0) is 25.1. The van der Waals surface area contributed by atoms with Crippen LogP contribution >= 0.6 is 0 Å². The molecule has 0 bridgehead atoms. The molecule has 9 nitrogen and oxygen atoms in total. The Hall–Kier alpha value is -4.40. The lowest BCUT2D eigenvalue weighted by molar-refractivity contribution is -0.127. The van der Waals surface area contributed by atoms with Crippen LogP contribution in [-0.2, 0) is 9.59 Å². The second-order valence-corrected chi connectivity index (χ2v) is 8.88. The van der Waals surface area contributed by atoms with Crippen molar-refractivity contribution < 1.29 is 14.3 Å². The summed E-state index contributed by atoms with van der Waals surface area (Å²) in [6.07, 6.45) is 4.74. The number of piperidine rings is 1. The second-order valence-electron chi connectivity index (χ2n) is 8.88. The fourth-order valence-corrected chi connectivity index (χ4v) is 4.87. The third-order valence-electron chi connectivity index (χ3n) is 6.70. The van der Waals surface area contributed by atoms with Crippen LogP contribution in [0.4, 0.5) is 23.0 Å². The predicted molar refractivity (Wildman–Crippen MR) is 138 cm³/mol. The zero-order valence-corrected chi connectivity index (χ0v) is 19.9. The summed E-state index contributed by atoms with van der Waals surface area (Å²) in [4.78, 5) is 38.8. The van der Waals surface area contributed by atoms with Gasteiger partial charge in [-0.2, -0.15) is 0 Å². The van der Waals surface area contributed by atoms with E-state index in [4.69, 9.17) is 10.5 Å². The van der Waals surface area contributed by atoms with Gasteiger partial charge < -0.3 is 25.2 Å². The van der Waals surface area contributed by atoms with Crippen LogP contribution in [0.25, 0.3) is 0 Å². The summed E-state index contributed by atoms with van der Waals surface area (Å²) < 4.78 is 5.92. The average molecular weight is 485 g/mol. The number of hydrogen-bond donors (Lipinski definition) is 1. The van der Waals surface area contributed by atoms with Crippen LogP contribution in [0.1, 0.15) is 12.8 Å². The number of benzene rings is 2. The first-order chi connectivity index (χ1) is 17.6. The van der Waals surface area contributed by atoms with Crippen LogP contribution < -0.4 is 20.3 Å². The molecule has 0 spiro atoms. The molecule has 0 aliphatic carbocycles. The first-order valence-electron chi connectivity index (χ1n) is 11.9. The van der Waals surface area contributed by atoms with Gasteiger partial charge in [-0.15, -0.1) is 0 Å². The van der Waals surface area contributed by atoms with Crippen molar-refractivity contribution >= 4 is 35.2 Å². The summed E-state index contributed by atoms with van der Waals surface area (Å²) >= 11 is 0. The van der Waals surface area contributed by atoms with Crippen LogP contribution in [0, 0.1) is 5.92 Å². The van der Waals surface area contributed by atoms with E-state index in [-0.39, 0.29) is 5.91 Å². The van der Waals surface area contributed by atoms with Gasteiger partial charge in [-0.1, -0.05) is 24.8 Å². The molecule has 3 aromatic rings. The highest BCUT2D eigenvalue weighted by molar-refractivity contribution is 5.93. The van der Waals surface area contributed by atoms with E-state index in [0.29, 0.717) is 48.6 Å². The standard InChI is InChI=1S/C27H28N6O3/c1-2-24(35)31-14-12-19(13-15-31)16-32-23(17-34)33(25-26(28)29-18-30-27(25)32)20-8-10-22(11-9-20)36-21-6-4-3-5-7-21/h2-11,17-19,23H,1,12-16H2,(H2,28,29,30). The number of carbonyl (C=O) groups is 2. The minimum atomic E-state index is -0.618. The molecule has 2 aromatic carbocycles. The van der Waals surface area contributed by atoms with Gasteiger partial charge in [0, 0.05) is 25.3 Å². The zero-order valence-electron chi connectivity index (χ0n) is 19.9. The van der Waals surface area contributed by atoms with E-state index < -0.39 is 6.17 Å². The largest absolute Gasteiger partial charge is 0.457 e. The number of aldehydes is 1.